The second-order valence-corrected chi connectivity index (χ2v) is 9.42. The van der Waals surface area contributed by atoms with Crippen molar-refractivity contribution in [3.05, 3.63) is 88.5 Å². The van der Waals surface area contributed by atoms with Crippen LogP contribution in [0.15, 0.2) is 59.8 Å². The van der Waals surface area contributed by atoms with Crippen molar-refractivity contribution in [3.63, 3.8) is 0 Å². The second kappa shape index (κ2) is 10.0. The molecule has 0 saturated heterocycles. The van der Waals surface area contributed by atoms with Crippen LogP contribution in [0.3, 0.4) is 0 Å². The standard InChI is InChI=1S/C27H23FN4O3S/c1-15-3-9-20(10-4-15)30-23(34)14-36-27-22-11-21-18(13-33)12-29-16(2)24(21)35-26(22)31-25(32-27)17-5-7-19(28)8-6-17/h3-10,12,33H,11,13-14H2,1-2H3,(H,30,34). The first-order valence-corrected chi connectivity index (χ1v) is 12.3. The molecule has 0 aliphatic carbocycles. The SMILES string of the molecule is Cc1ccc(NC(=O)CSc2nc(-c3ccc(F)cc3)nc3c2Cc2c(CO)cnc(C)c2O3)cc1. The van der Waals surface area contributed by atoms with Gasteiger partial charge in [0.05, 0.1) is 23.6 Å². The van der Waals surface area contributed by atoms with E-state index in [-0.39, 0.29) is 24.1 Å². The van der Waals surface area contributed by atoms with E-state index in [9.17, 15) is 14.3 Å². The number of aliphatic hydroxyl groups excluding tert-OH is 1. The number of nitrogens with zero attached hydrogens (tertiary/aromatic N) is 3. The number of carbonyl (C=O) groups is 1. The average molecular weight is 503 g/mol. The zero-order chi connectivity index (χ0) is 25.2. The zero-order valence-corrected chi connectivity index (χ0v) is 20.5. The highest BCUT2D eigenvalue weighted by atomic mass is 32.2. The van der Waals surface area contributed by atoms with Crippen LogP contribution < -0.4 is 10.1 Å². The Morgan fingerprint density at radius 2 is 1.83 bits per heavy atom. The molecule has 0 atom stereocenters. The minimum absolute atomic E-state index is 0.120. The molecule has 0 unspecified atom stereocenters. The lowest BCUT2D eigenvalue weighted by Crippen LogP contribution is -2.16. The van der Waals surface area contributed by atoms with E-state index in [2.05, 4.69) is 15.3 Å². The number of anilines is 1. The molecule has 0 saturated carbocycles. The number of pyridine rings is 1. The van der Waals surface area contributed by atoms with Gasteiger partial charge in [-0.1, -0.05) is 29.5 Å². The van der Waals surface area contributed by atoms with E-state index in [1.54, 1.807) is 18.3 Å². The van der Waals surface area contributed by atoms with Crippen LogP contribution in [-0.2, 0) is 17.8 Å². The number of aliphatic hydroxyl groups is 1. The average Bonchev–Trinajstić information content (AvgIpc) is 2.88. The van der Waals surface area contributed by atoms with E-state index in [0.29, 0.717) is 45.7 Å². The van der Waals surface area contributed by atoms with Crippen molar-refractivity contribution in [2.75, 3.05) is 11.1 Å². The molecule has 182 valence electrons. The lowest BCUT2D eigenvalue weighted by Gasteiger charge is -2.24. The molecule has 0 bridgehead atoms. The number of thioether (sulfide) groups is 1. The summed E-state index contributed by atoms with van der Waals surface area (Å²) in [6, 6.07) is 13.5. The van der Waals surface area contributed by atoms with Crippen molar-refractivity contribution < 1.29 is 19.0 Å². The fraction of sp³-hybridized carbons (Fsp3) is 0.185. The molecule has 0 radical (unpaired) electrons. The molecule has 3 heterocycles. The van der Waals surface area contributed by atoms with E-state index >= 15 is 0 Å². The van der Waals surface area contributed by atoms with Gasteiger partial charge in [-0.2, -0.15) is 4.98 Å². The molecule has 1 aliphatic heterocycles. The van der Waals surface area contributed by atoms with Crippen LogP contribution in [0.2, 0.25) is 0 Å². The summed E-state index contributed by atoms with van der Waals surface area (Å²) in [5.41, 5.74) is 5.34. The van der Waals surface area contributed by atoms with E-state index in [0.717, 1.165) is 22.4 Å². The van der Waals surface area contributed by atoms with Gasteiger partial charge in [0.2, 0.25) is 11.8 Å². The van der Waals surface area contributed by atoms with Crippen LogP contribution in [0, 0.1) is 19.7 Å². The number of hydrogen-bond donors (Lipinski definition) is 2. The van der Waals surface area contributed by atoms with Crippen LogP contribution in [-0.4, -0.2) is 31.7 Å². The molecule has 5 rings (SSSR count). The topological polar surface area (TPSA) is 97.2 Å². The normalized spacial score (nSPS) is 11.9. The number of aromatic nitrogens is 3. The summed E-state index contributed by atoms with van der Waals surface area (Å²) < 4.78 is 19.7. The van der Waals surface area contributed by atoms with Crippen LogP contribution in [0.1, 0.15) is 27.9 Å². The van der Waals surface area contributed by atoms with E-state index in [1.165, 1.54) is 23.9 Å². The predicted molar refractivity (Wildman–Crippen MR) is 136 cm³/mol. The Morgan fingerprint density at radius 1 is 1.08 bits per heavy atom. The van der Waals surface area contributed by atoms with E-state index in [4.69, 9.17) is 9.72 Å². The third kappa shape index (κ3) is 4.93. The molecule has 1 aliphatic rings. The zero-order valence-electron chi connectivity index (χ0n) is 19.7. The van der Waals surface area contributed by atoms with E-state index in [1.807, 2.05) is 38.1 Å². The highest BCUT2D eigenvalue weighted by Gasteiger charge is 2.28. The van der Waals surface area contributed by atoms with Crippen molar-refractivity contribution in [3.8, 4) is 23.0 Å². The molecule has 2 aromatic heterocycles. The molecule has 7 nitrogen and oxygen atoms in total. The fourth-order valence-electron chi connectivity index (χ4n) is 3.91. The molecular formula is C27H23FN4O3S. The fourth-order valence-corrected chi connectivity index (χ4v) is 4.73. The number of benzene rings is 2. The van der Waals surface area contributed by atoms with Crippen LogP contribution in [0.5, 0.6) is 11.6 Å². The Balaban J connectivity index is 1.48. The minimum atomic E-state index is -0.359. The first kappa shape index (κ1) is 23.9. The van der Waals surface area contributed by atoms with Crippen LogP contribution in [0.25, 0.3) is 11.4 Å². The molecule has 36 heavy (non-hydrogen) atoms. The summed E-state index contributed by atoms with van der Waals surface area (Å²) in [6.45, 7) is 3.64. The molecule has 9 heteroatoms. The Hall–Kier alpha value is -3.82. The van der Waals surface area contributed by atoms with Gasteiger partial charge < -0.3 is 15.2 Å². The Kier molecular flexibility index (Phi) is 6.67. The molecule has 1 amide bonds. The van der Waals surface area contributed by atoms with Crippen LogP contribution in [0.4, 0.5) is 10.1 Å². The second-order valence-electron chi connectivity index (χ2n) is 8.46. The van der Waals surface area contributed by atoms with Gasteiger partial charge in [0, 0.05) is 35.0 Å². The lowest BCUT2D eigenvalue weighted by atomic mass is 9.99. The summed E-state index contributed by atoms with van der Waals surface area (Å²) in [6.07, 6.45) is 2.06. The van der Waals surface area contributed by atoms with Gasteiger partial charge in [0.25, 0.3) is 0 Å². The third-order valence-electron chi connectivity index (χ3n) is 5.84. The molecule has 0 fully saturated rings. The number of halogens is 1. The number of hydrogen-bond acceptors (Lipinski definition) is 7. The van der Waals surface area contributed by atoms with Gasteiger partial charge in [-0.05, 0) is 50.2 Å². The molecular weight excluding hydrogens is 479 g/mol. The largest absolute Gasteiger partial charge is 0.436 e. The Bertz CT molecular complexity index is 1440. The number of carbonyl (C=O) groups excluding carboxylic acids is 1. The molecule has 2 aromatic carbocycles. The lowest BCUT2D eigenvalue weighted by molar-refractivity contribution is -0.113. The molecule has 0 spiro atoms. The van der Waals surface area contributed by atoms with Crippen molar-refractivity contribution in [1.29, 1.82) is 0 Å². The van der Waals surface area contributed by atoms with Crippen molar-refractivity contribution in [2.45, 2.75) is 31.9 Å². The monoisotopic (exact) mass is 502 g/mol. The van der Waals surface area contributed by atoms with Crippen molar-refractivity contribution >= 4 is 23.4 Å². The summed E-state index contributed by atoms with van der Waals surface area (Å²) in [4.78, 5) is 26.3. The van der Waals surface area contributed by atoms with E-state index < -0.39 is 0 Å². The highest BCUT2D eigenvalue weighted by molar-refractivity contribution is 8.00. The van der Waals surface area contributed by atoms with Gasteiger partial charge in [-0.25, -0.2) is 9.37 Å². The summed E-state index contributed by atoms with van der Waals surface area (Å²) in [5, 5.41) is 13.3. The van der Waals surface area contributed by atoms with Gasteiger partial charge in [-0.15, -0.1) is 0 Å². The first-order chi connectivity index (χ1) is 17.4. The smallest absolute Gasteiger partial charge is 0.234 e. The first-order valence-electron chi connectivity index (χ1n) is 11.3. The number of fused-ring (bicyclic) bond motifs is 2. The van der Waals surface area contributed by atoms with Gasteiger partial charge >= 0.3 is 0 Å². The van der Waals surface area contributed by atoms with Gasteiger partial charge in [-0.3, -0.25) is 9.78 Å². The third-order valence-corrected chi connectivity index (χ3v) is 6.85. The Labute approximate surface area is 211 Å². The van der Waals surface area contributed by atoms with Crippen LogP contribution >= 0.6 is 11.8 Å². The maximum absolute atomic E-state index is 13.5. The quantitative estimate of drug-likeness (QED) is 0.243. The summed E-state index contributed by atoms with van der Waals surface area (Å²) in [5.74, 6) is 0.872. The minimum Gasteiger partial charge on any atom is -0.436 e. The molecule has 2 N–H and O–H groups in total. The van der Waals surface area contributed by atoms with Crippen molar-refractivity contribution in [1.82, 2.24) is 15.0 Å². The van der Waals surface area contributed by atoms with Crippen molar-refractivity contribution in [2.24, 2.45) is 0 Å². The number of ether oxygens (including phenoxy) is 1. The maximum Gasteiger partial charge on any atom is 0.234 e. The Morgan fingerprint density at radius 3 is 2.56 bits per heavy atom. The number of aryl methyl sites for hydroxylation is 2. The predicted octanol–water partition coefficient (Wildman–Crippen LogP) is 5.21. The van der Waals surface area contributed by atoms with Gasteiger partial charge in [0.15, 0.2) is 11.6 Å². The molecule has 4 aromatic rings. The highest BCUT2D eigenvalue weighted by Crippen LogP contribution is 2.42. The van der Waals surface area contributed by atoms with Gasteiger partial charge in [0.1, 0.15) is 10.8 Å². The summed E-state index contributed by atoms with van der Waals surface area (Å²) >= 11 is 1.27. The summed E-state index contributed by atoms with van der Waals surface area (Å²) in [7, 11) is 0. The maximum atomic E-state index is 13.5. The number of rotatable bonds is 6. The number of nitrogens with one attached hydrogen (secondary N) is 1. The number of amides is 1.